The lowest BCUT2D eigenvalue weighted by Gasteiger charge is -2.33. The number of rotatable bonds is 5. The highest BCUT2D eigenvalue weighted by Crippen LogP contribution is 2.14. The molecular formula is C17H23FN2O3. The van der Waals surface area contributed by atoms with Crippen molar-refractivity contribution in [3.05, 3.63) is 30.1 Å². The number of amides is 2. The summed E-state index contributed by atoms with van der Waals surface area (Å²) in [6.45, 7) is 4.95. The van der Waals surface area contributed by atoms with Crippen LogP contribution < -0.4 is 10.1 Å². The number of piperidine rings is 1. The Kier molecular flexibility index (Phi) is 5.96. The Hall–Kier alpha value is -2.11. The Morgan fingerprint density at radius 1 is 1.35 bits per heavy atom. The van der Waals surface area contributed by atoms with Gasteiger partial charge in [-0.3, -0.25) is 9.59 Å². The average Bonchev–Trinajstić information content (AvgIpc) is 2.53. The van der Waals surface area contributed by atoms with Crippen molar-refractivity contribution in [2.75, 3.05) is 19.7 Å². The van der Waals surface area contributed by atoms with Gasteiger partial charge < -0.3 is 15.0 Å². The summed E-state index contributed by atoms with van der Waals surface area (Å²) in [6.07, 6.45) is 1.48. The van der Waals surface area contributed by atoms with E-state index in [0.29, 0.717) is 18.8 Å². The van der Waals surface area contributed by atoms with Crippen molar-refractivity contribution in [2.24, 2.45) is 5.92 Å². The molecule has 2 rings (SSSR count). The number of hydrogen-bond donors (Lipinski definition) is 1. The zero-order valence-corrected chi connectivity index (χ0v) is 13.5. The quantitative estimate of drug-likeness (QED) is 0.902. The van der Waals surface area contributed by atoms with Crippen LogP contribution in [0.5, 0.6) is 5.75 Å². The number of hydrogen-bond acceptors (Lipinski definition) is 3. The van der Waals surface area contributed by atoms with Crippen LogP contribution in [0.1, 0.15) is 26.7 Å². The van der Waals surface area contributed by atoms with E-state index >= 15 is 0 Å². The van der Waals surface area contributed by atoms with Gasteiger partial charge in [-0.15, -0.1) is 0 Å². The van der Waals surface area contributed by atoms with E-state index in [1.54, 1.807) is 6.07 Å². The molecule has 1 aromatic rings. The minimum absolute atomic E-state index is 0.000749. The molecule has 0 aliphatic carbocycles. The van der Waals surface area contributed by atoms with Gasteiger partial charge in [-0.1, -0.05) is 19.9 Å². The summed E-state index contributed by atoms with van der Waals surface area (Å²) in [5.41, 5.74) is 0. The molecule has 1 saturated heterocycles. The van der Waals surface area contributed by atoms with Crippen LogP contribution in [0.3, 0.4) is 0 Å². The molecule has 1 aliphatic heterocycles. The molecule has 2 amide bonds. The van der Waals surface area contributed by atoms with Crippen LogP contribution in [-0.2, 0) is 9.59 Å². The van der Waals surface area contributed by atoms with Gasteiger partial charge in [-0.25, -0.2) is 4.39 Å². The van der Waals surface area contributed by atoms with Gasteiger partial charge in [-0.05, 0) is 25.0 Å². The Morgan fingerprint density at radius 2 is 2.04 bits per heavy atom. The van der Waals surface area contributed by atoms with Crippen LogP contribution in [0, 0.1) is 11.7 Å². The lowest BCUT2D eigenvalue weighted by atomic mass is 10.0. The van der Waals surface area contributed by atoms with Crippen LogP contribution in [0.2, 0.25) is 0 Å². The van der Waals surface area contributed by atoms with Crippen molar-refractivity contribution in [3.8, 4) is 5.75 Å². The number of benzene rings is 1. The highest BCUT2D eigenvalue weighted by molar-refractivity contribution is 5.79. The smallest absolute Gasteiger partial charge is 0.258 e. The first kappa shape index (κ1) is 17.2. The van der Waals surface area contributed by atoms with Gasteiger partial charge in [0, 0.05) is 31.1 Å². The van der Waals surface area contributed by atoms with Gasteiger partial charge in [0.15, 0.2) is 6.61 Å². The second-order valence-electron chi connectivity index (χ2n) is 6.07. The fourth-order valence-electron chi connectivity index (χ4n) is 2.58. The maximum absolute atomic E-state index is 13.0. The predicted molar refractivity (Wildman–Crippen MR) is 84.5 cm³/mol. The molecule has 6 heteroatoms. The van der Waals surface area contributed by atoms with Crippen LogP contribution in [0.15, 0.2) is 24.3 Å². The van der Waals surface area contributed by atoms with Crippen molar-refractivity contribution in [3.63, 3.8) is 0 Å². The van der Waals surface area contributed by atoms with Gasteiger partial charge in [-0.2, -0.15) is 0 Å². The molecule has 0 aromatic heterocycles. The fraction of sp³-hybridized carbons (Fsp3) is 0.529. The van der Waals surface area contributed by atoms with E-state index < -0.39 is 5.82 Å². The third-order valence-corrected chi connectivity index (χ3v) is 3.83. The standard InChI is InChI=1S/C17H23FN2O3/c1-12(2)17(22)20-8-6-14(7-9-20)19-16(21)11-23-15-5-3-4-13(18)10-15/h3-5,10,12,14H,6-9,11H2,1-2H3,(H,19,21). The first-order valence-corrected chi connectivity index (χ1v) is 7.92. The molecule has 0 radical (unpaired) electrons. The SMILES string of the molecule is CC(C)C(=O)N1CCC(NC(=O)COc2cccc(F)c2)CC1. The fourth-order valence-corrected chi connectivity index (χ4v) is 2.58. The molecular weight excluding hydrogens is 299 g/mol. The van der Waals surface area contributed by atoms with Crippen molar-refractivity contribution in [1.82, 2.24) is 10.2 Å². The van der Waals surface area contributed by atoms with Crippen molar-refractivity contribution < 1.29 is 18.7 Å². The molecule has 0 atom stereocenters. The lowest BCUT2D eigenvalue weighted by Crippen LogP contribution is -2.48. The summed E-state index contributed by atoms with van der Waals surface area (Å²) in [7, 11) is 0. The van der Waals surface area contributed by atoms with Crippen LogP contribution >= 0.6 is 0 Å². The molecule has 23 heavy (non-hydrogen) atoms. The first-order chi connectivity index (χ1) is 11.0. The molecule has 5 nitrogen and oxygen atoms in total. The molecule has 1 heterocycles. The zero-order valence-electron chi connectivity index (χ0n) is 13.5. The van der Waals surface area contributed by atoms with Crippen LogP contribution in [0.25, 0.3) is 0 Å². The first-order valence-electron chi connectivity index (χ1n) is 7.92. The third-order valence-electron chi connectivity index (χ3n) is 3.83. The number of nitrogens with zero attached hydrogens (tertiary/aromatic N) is 1. The maximum Gasteiger partial charge on any atom is 0.258 e. The monoisotopic (exact) mass is 322 g/mol. The highest BCUT2D eigenvalue weighted by Gasteiger charge is 2.25. The van der Waals surface area contributed by atoms with Gasteiger partial charge in [0.1, 0.15) is 11.6 Å². The number of carbonyl (C=O) groups excluding carboxylic acids is 2. The number of ether oxygens (including phenoxy) is 1. The Morgan fingerprint density at radius 3 is 2.65 bits per heavy atom. The van der Waals surface area contributed by atoms with E-state index in [1.807, 2.05) is 18.7 Å². The highest BCUT2D eigenvalue weighted by atomic mass is 19.1. The summed E-state index contributed by atoms with van der Waals surface area (Å²) in [4.78, 5) is 25.6. The Balaban J connectivity index is 1.71. The van der Waals surface area contributed by atoms with Gasteiger partial charge >= 0.3 is 0 Å². The van der Waals surface area contributed by atoms with Crippen molar-refractivity contribution >= 4 is 11.8 Å². The molecule has 0 unspecified atom stereocenters. The molecule has 0 saturated carbocycles. The largest absolute Gasteiger partial charge is 0.484 e. The minimum Gasteiger partial charge on any atom is -0.484 e. The summed E-state index contributed by atoms with van der Waals surface area (Å²) >= 11 is 0. The summed E-state index contributed by atoms with van der Waals surface area (Å²) in [5.74, 6) is -0.143. The molecule has 0 bridgehead atoms. The summed E-state index contributed by atoms with van der Waals surface area (Å²) < 4.78 is 18.3. The van der Waals surface area contributed by atoms with E-state index in [4.69, 9.17) is 4.74 Å². The van der Waals surface area contributed by atoms with E-state index in [9.17, 15) is 14.0 Å². The molecule has 1 aliphatic rings. The second-order valence-corrected chi connectivity index (χ2v) is 6.07. The predicted octanol–water partition coefficient (Wildman–Crippen LogP) is 1.97. The summed E-state index contributed by atoms with van der Waals surface area (Å²) in [5, 5.41) is 2.90. The van der Waals surface area contributed by atoms with Crippen molar-refractivity contribution in [2.45, 2.75) is 32.7 Å². The van der Waals surface area contributed by atoms with Crippen molar-refractivity contribution in [1.29, 1.82) is 0 Å². The summed E-state index contributed by atoms with van der Waals surface area (Å²) in [6, 6.07) is 5.74. The van der Waals surface area contributed by atoms with Gasteiger partial charge in [0.05, 0.1) is 0 Å². The molecule has 126 valence electrons. The van der Waals surface area contributed by atoms with E-state index in [2.05, 4.69) is 5.32 Å². The second kappa shape index (κ2) is 7.94. The van der Waals surface area contributed by atoms with Gasteiger partial charge in [0.2, 0.25) is 5.91 Å². The van der Waals surface area contributed by atoms with E-state index in [-0.39, 0.29) is 30.4 Å². The maximum atomic E-state index is 13.0. The molecule has 1 aromatic carbocycles. The van der Waals surface area contributed by atoms with Gasteiger partial charge in [0.25, 0.3) is 5.91 Å². The zero-order chi connectivity index (χ0) is 16.8. The molecule has 1 N–H and O–H groups in total. The lowest BCUT2D eigenvalue weighted by molar-refractivity contribution is -0.135. The Bertz CT molecular complexity index is 555. The minimum atomic E-state index is -0.398. The molecule has 0 spiro atoms. The number of nitrogens with one attached hydrogen (secondary N) is 1. The Labute approximate surface area is 135 Å². The number of carbonyl (C=O) groups is 2. The number of likely N-dealkylation sites (tertiary alicyclic amines) is 1. The van der Waals surface area contributed by atoms with E-state index in [0.717, 1.165) is 12.8 Å². The normalized spacial score (nSPS) is 15.6. The molecule has 1 fully saturated rings. The third kappa shape index (κ3) is 5.23. The van der Waals surface area contributed by atoms with Crippen LogP contribution in [0.4, 0.5) is 4.39 Å². The van der Waals surface area contributed by atoms with E-state index in [1.165, 1.54) is 18.2 Å². The topological polar surface area (TPSA) is 58.6 Å². The average molecular weight is 322 g/mol. The van der Waals surface area contributed by atoms with Crippen LogP contribution in [-0.4, -0.2) is 42.5 Å². The number of halogens is 1.